The molecule has 1 atom stereocenters. The second kappa shape index (κ2) is 7.04. The van der Waals surface area contributed by atoms with Crippen LogP contribution < -0.4 is 5.73 Å². The molecule has 0 radical (unpaired) electrons. The topological polar surface area (TPSA) is 103 Å². The number of nitro groups is 1. The molecule has 6 nitrogen and oxygen atoms in total. The molecule has 2 rings (SSSR count). The summed E-state index contributed by atoms with van der Waals surface area (Å²) in [6.07, 6.45) is 0.405. The SMILES string of the molecule is Cl.NC(CCO)c1ccc(-c2cccc([N+](=O)[O-])c2)o1. The standard InChI is InChI=1S/C13H14N2O4.ClH/c14-11(6-7-16)13-5-4-12(19-13)9-2-1-3-10(8-9)15(17)18;/h1-5,8,11,16H,6-7,14H2;1H. The minimum absolute atomic E-state index is 0. The third-order valence-corrected chi connectivity index (χ3v) is 2.77. The van der Waals surface area contributed by atoms with Crippen LogP contribution in [0.1, 0.15) is 18.2 Å². The third kappa shape index (κ3) is 3.57. The number of hydrogen-bond donors (Lipinski definition) is 2. The van der Waals surface area contributed by atoms with Gasteiger partial charge in [0.05, 0.1) is 11.0 Å². The van der Waals surface area contributed by atoms with Crippen LogP contribution in [0, 0.1) is 10.1 Å². The number of furan rings is 1. The van der Waals surface area contributed by atoms with Gasteiger partial charge >= 0.3 is 0 Å². The van der Waals surface area contributed by atoms with E-state index in [1.807, 2.05) is 0 Å². The zero-order chi connectivity index (χ0) is 13.8. The molecule has 0 saturated carbocycles. The Morgan fingerprint density at radius 1 is 1.35 bits per heavy atom. The van der Waals surface area contributed by atoms with Crippen molar-refractivity contribution in [1.82, 2.24) is 0 Å². The first-order valence-corrected chi connectivity index (χ1v) is 5.83. The third-order valence-electron chi connectivity index (χ3n) is 2.77. The monoisotopic (exact) mass is 298 g/mol. The summed E-state index contributed by atoms with van der Waals surface area (Å²) >= 11 is 0. The van der Waals surface area contributed by atoms with Gasteiger partial charge in [-0.15, -0.1) is 12.4 Å². The molecular formula is C13H15ClN2O4. The zero-order valence-corrected chi connectivity index (χ0v) is 11.4. The number of rotatable bonds is 5. The van der Waals surface area contributed by atoms with Gasteiger partial charge in [-0.05, 0) is 18.6 Å². The van der Waals surface area contributed by atoms with Crippen molar-refractivity contribution in [2.45, 2.75) is 12.5 Å². The van der Waals surface area contributed by atoms with Crippen molar-refractivity contribution in [1.29, 1.82) is 0 Å². The fourth-order valence-electron chi connectivity index (χ4n) is 1.76. The van der Waals surface area contributed by atoms with Crippen molar-refractivity contribution in [2.75, 3.05) is 6.61 Å². The minimum atomic E-state index is -0.454. The Labute approximate surface area is 121 Å². The van der Waals surface area contributed by atoms with Gasteiger partial charge in [-0.3, -0.25) is 10.1 Å². The lowest BCUT2D eigenvalue weighted by Crippen LogP contribution is -2.10. The van der Waals surface area contributed by atoms with E-state index in [0.29, 0.717) is 23.5 Å². The Morgan fingerprint density at radius 2 is 2.10 bits per heavy atom. The molecule has 1 heterocycles. The predicted molar refractivity (Wildman–Crippen MR) is 76.7 cm³/mol. The average molecular weight is 299 g/mol. The number of non-ortho nitro benzene ring substituents is 1. The van der Waals surface area contributed by atoms with Gasteiger partial charge in [0.2, 0.25) is 0 Å². The number of aliphatic hydroxyl groups excluding tert-OH is 1. The number of nitrogens with zero attached hydrogens (tertiary/aromatic N) is 1. The Balaban J connectivity index is 0.00000200. The molecule has 108 valence electrons. The van der Waals surface area contributed by atoms with E-state index in [4.69, 9.17) is 15.3 Å². The van der Waals surface area contributed by atoms with Crippen LogP contribution in [0.5, 0.6) is 0 Å². The summed E-state index contributed by atoms with van der Waals surface area (Å²) in [6.45, 7) is -0.0198. The molecule has 1 aromatic heterocycles. The van der Waals surface area contributed by atoms with E-state index < -0.39 is 4.92 Å². The fraction of sp³-hybridized carbons (Fsp3) is 0.231. The summed E-state index contributed by atoms with van der Waals surface area (Å²) in [7, 11) is 0. The van der Waals surface area contributed by atoms with Gasteiger partial charge in [0.15, 0.2) is 0 Å². The molecule has 3 N–H and O–H groups in total. The van der Waals surface area contributed by atoms with Crippen LogP contribution in [-0.4, -0.2) is 16.6 Å². The summed E-state index contributed by atoms with van der Waals surface area (Å²) in [6, 6.07) is 9.25. The van der Waals surface area contributed by atoms with Crippen LogP contribution >= 0.6 is 12.4 Å². The molecule has 1 unspecified atom stereocenters. The molecule has 0 bridgehead atoms. The maximum Gasteiger partial charge on any atom is 0.270 e. The van der Waals surface area contributed by atoms with Gasteiger partial charge < -0.3 is 15.3 Å². The van der Waals surface area contributed by atoms with Crippen LogP contribution in [0.15, 0.2) is 40.8 Å². The molecule has 20 heavy (non-hydrogen) atoms. The highest BCUT2D eigenvalue weighted by Crippen LogP contribution is 2.27. The summed E-state index contributed by atoms with van der Waals surface area (Å²) in [5.74, 6) is 1.07. The van der Waals surface area contributed by atoms with E-state index in [1.165, 1.54) is 12.1 Å². The number of halogens is 1. The Kier molecular flexibility index (Phi) is 5.69. The molecule has 0 spiro atoms. The van der Waals surface area contributed by atoms with Gasteiger partial charge in [0.1, 0.15) is 11.5 Å². The highest BCUT2D eigenvalue weighted by Gasteiger charge is 2.13. The molecule has 0 aliphatic heterocycles. The number of hydrogen-bond acceptors (Lipinski definition) is 5. The highest BCUT2D eigenvalue weighted by atomic mass is 35.5. The van der Waals surface area contributed by atoms with Crippen LogP contribution in [-0.2, 0) is 0 Å². The van der Waals surface area contributed by atoms with Gasteiger partial charge in [0.25, 0.3) is 5.69 Å². The maximum absolute atomic E-state index is 10.7. The van der Waals surface area contributed by atoms with Crippen molar-refractivity contribution < 1.29 is 14.4 Å². The van der Waals surface area contributed by atoms with Crippen LogP contribution in [0.25, 0.3) is 11.3 Å². The molecule has 2 aromatic rings. The number of nitrogens with two attached hydrogens (primary N) is 1. The lowest BCUT2D eigenvalue weighted by atomic mass is 10.1. The molecule has 7 heteroatoms. The summed E-state index contributed by atoms with van der Waals surface area (Å²) in [5, 5.41) is 19.5. The molecule has 0 saturated heterocycles. The lowest BCUT2D eigenvalue weighted by molar-refractivity contribution is -0.384. The molecule has 0 fully saturated rings. The summed E-state index contributed by atoms with van der Waals surface area (Å²) in [4.78, 5) is 10.3. The fourth-order valence-corrected chi connectivity index (χ4v) is 1.76. The normalized spacial score (nSPS) is 11.7. The van der Waals surface area contributed by atoms with Gasteiger partial charge in [-0.1, -0.05) is 12.1 Å². The Hall–Kier alpha value is -1.89. The van der Waals surface area contributed by atoms with Crippen LogP contribution in [0.2, 0.25) is 0 Å². The summed E-state index contributed by atoms with van der Waals surface area (Å²) in [5.41, 5.74) is 6.44. The van der Waals surface area contributed by atoms with Crippen molar-refractivity contribution in [3.8, 4) is 11.3 Å². The van der Waals surface area contributed by atoms with E-state index in [1.54, 1.807) is 24.3 Å². The van der Waals surface area contributed by atoms with Crippen molar-refractivity contribution >= 4 is 18.1 Å². The van der Waals surface area contributed by atoms with Crippen molar-refractivity contribution in [3.05, 3.63) is 52.3 Å². The quantitative estimate of drug-likeness (QED) is 0.652. The largest absolute Gasteiger partial charge is 0.459 e. The second-order valence-electron chi connectivity index (χ2n) is 4.13. The summed E-state index contributed by atoms with van der Waals surface area (Å²) < 4.78 is 5.56. The number of aliphatic hydroxyl groups is 1. The molecule has 0 amide bonds. The van der Waals surface area contributed by atoms with E-state index in [2.05, 4.69) is 0 Å². The smallest absolute Gasteiger partial charge is 0.270 e. The molecular weight excluding hydrogens is 284 g/mol. The molecule has 0 aliphatic rings. The average Bonchev–Trinajstić information content (AvgIpc) is 2.89. The van der Waals surface area contributed by atoms with E-state index in [-0.39, 0.29) is 30.7 Å². The lowest BCUT2D eigenvalue weighted by Gasteiger charge is -2.05. The molecule has 0 aliphatic carbocycles. The van der Waals surface area contributed by atoms with Gasteiger partial charge in [-0.25, -0.2) is 0 Å². The van der Waals surface area contributed by atoms with Crippen LogP contribution in [0.3, 0.4) is 0 Å². The minimum Gasteiger partial charge on any atom is -0.459 e. The maximum atomic E-state index is 10.7. The Morgan fingerprint density at radius 3 is 2.75 bits per heavy atom. The van der Waals surface area contributed by atoms with Gasteiger partial charge in [-0.2, -0.15) is 0 Å². The van der Waals surface area contributed by atoms with Crippen molar-refractivity contribution in [2.24, 2.45) is 5.73 Å². The van der Waals surface area contributed by atoms with Crippen molar-refractivity contribution in [3.63, 3.8) is 0 Å². The number of nitro benzene ring substituents is 1. The van der Waals surface area contributed by atoms with E-state index >= 15 is 0 Å². The van der Waals surface area contributed by atoms with Gasteiger partial charge in [0, 0.05) is 24.3 Å². The Bertz CT molecular complexity index is 585. The second-order valence-corrected chi connectivity index (χ2v) is 4.13. The first-order chi connectivity index (χ1) is 9.11. The van der Waals surface area contributed by atoms with E-state index in [9.17, 15) is 10.1 Å². The number of benzene rings is 1. The van der Waals surface area contributed by atoms with E-state index in [0.717, 1.165) is 0 Å². The predicted octanol–water partition coefficient (Wildman–Crippen LogP) is 2.66. The first kappa shape index (κ1) is 16.2. The zero-order valence-electron chi connectivity index (χ0n) is 10.6. The highest BCUT2D eigenvalue weighted by molar-refractivity contribution is 5.85. The first-order valence-electron chi connectivity index (χ1n) is 5.83. The molecule has 1 aromatic carbocycles. The van der Waals surface area contributed by atoms with Crippen LogP contribution in [0.4, 0.5) is 5.69 Å².